The third kappa shape index (κ3) is 5.26. The molecule has 1 N–H and O–H groups in total. The lowest BCUT2D eigenvalue weighted by Gasteiger charge is -2.32. The van der Waals surface area contributed by atoms with Crippen LogP contribution in [0.5, 0.6) is 0 Å². The van der Waals surface area contributed by atoms with Crippen LogP contribution in [0.15, 0.2) is 36.5 Å². The number of Topliss-reactive ketones (excluding diaryl/α,β-unsaturated/α-hetero) is 1. The molecule has 3 aromatic rings. The first-order valence-corrected chi connectivity index (χ1v) is 14.3. The van der Waals surface area contributed by atoms with Crippen LogP contribution in [-0.4, -0.2) is 41.3 Å². The molecule has 3 fully saturated rings. The van der Waals surface area contributed by atoms with E-state index in [1.165, 1.54) is 51.4 Å². The Morgan fingerprint density at radius 3 is 2.51 bits per heavy atom. The standard InChI is InChI=1S/C31H35ClFN3O/c1-19-27(32)15-23(16-28(19)33)22-8-11-29-25(14-22)30(26(17-34-29)31(37)21-6-7-21)35-24-9-4-20(5-10-24)18-36-12-2-3-13-36/h8,11,14-17,20-21,24H,2-7,9-10,12-13,18H2,1H3,(H,34,35)/t20-,24-. The van der Waals surface area contributed by atoms with Crippen molar-refractivity contribution in [3.8, 4) is 11.1 Å². The minimum Gasteiger partial charge on any atom is -0.381 e. The van der Waals surface area contributed by atoms with Gasteiger partial charge in [-0.1, -0.05) is 17.7 Å². The number of hydrogen-bond donors (Lipinski definition) is 1. The third-order valence-corrected chi connectivity index (χ3v) is 9.00. The van der Waals surface area contributed by atoms with Gasteiger partial charge in [0.25, 0.3) is 0 Å². The molecule has 4 nitrogen and oxygen atoms in total. The van der Waals surface area contributed by atoms with Gasteiger partial charge in [-0.25, -0.2) is 4.39 Å². The number of carbonyl (C=O) groups excluding carboxylic acids is 1. The van der Waals surface area contributed by atoms with E-state index in [4.69, 9.17) is 11.6 Å². The molecule has 2 aromatic carbocycles. The number of ketones is 1. The van der Waals surface area contributed by atoms with Crippen molar-refractivity contribution in [2.75, 3.05) is 25.0 Å². The Balaban J connectivity index is 1.31. The van der Waals surface area contributed by atoms with Gasteiger partial charge in [0, 0.05) is 40.7 Å². The fourth-order valence-electron chi connectivity index (χ4n) is 6.12. The van der Waals surface area contributed by atoms with E-state index in [-0.39, 0.29) is 17.5 Å². The molecule has 0 atom stereocenters. The summed E-state index contributed by atoms with van der Waals surface area (Å²) in [7, 11) is 0. The van der Waals surface area contributed by atoms with Crippen molar-refractivity contribution >= 4 is 34.0 Å². The molecule has 3 aliphatic rings. The molecule has 0 spiro atoms. The highest BCUT2D eigenvalue weighted by atomic mass is 35.5. The number of anilines is 1. The highest BCUT2D eigenvalue weighted by molar-refractivity contribution is 6.31. The topological polar surface area (TPSA) is 45.2 Å². The zero-order valence-corrected chi connectivity index (χ0v) is 22.3. The normalized spacial score (nSPS) is 22.5. The lowest BCUT2D eigenvalue weighted by Crippen LogP contribution is -2.33. The Hall–Kier alpha value is -2.50. The second kappa shape index (κ2) is 10.3. The van der Waals surface area contributed by atoms with Crippen molar-refractivity contribution in [1.29, 1.82) is 0 Å². The van der Waals surface area contributed by atoms with E-state index < -0.39 is 0 Å². The number of rotatable bonds is 7. The second-order valence-corrected chi connectivity index (χ2v) is 11.8. The van der Waals surface area contributed by atoms with Gasteiger partial charge in [0.05, 0.1) is 16.8 Å². The molecule has 1 aromatic heterocycles. The van der Waals surface area contributed by atoms with Crippen LogP contribution in [0.25, 0.3) is 22.0 Å². The average Bonchev–Trinajstić information content (AvgIpc) is 3.64. The third-order valence-electron chi connectivity index (χ3n) is 8.61. The molecule has 2 aliphatic carbocycles. The van der Waals surface area contributed by atoms with Crippen molar-refractivity contribution in [2.45, 2.75) is 64.3 Å². The lowest BCUT2D eigenvalue weighted by atomic mass is 9.85. The zero-order chi connectivity index (χ0) is 25.5. The van der Waals surface area contributed by atoms with Crippen LogP contribution >= 0.6 is 11.6 Å². The number of benzene rings is 2. The number of nitrogens with zero attached hydrogens (tertiary/aromatic N) is 2. The minimum absolute atomic E-state index is 0.115. The Morgan fingerprint density at radius 2 is 1.81 bits per heavy atom. The molecule has 1 aliphatic heterocycles. The summed E-state index contributed by atoms with van der Waals surface area (Å²) in [6, 6.07) is 9.62. The van der Waals surface area contributed by atoms with Gasteiger partial charge in [0.2, 0.25) is 0 Å². The predicted molar refractivity (Wildman–Crippen MR) is 149 cm³/mol. The van der Waals surface area contributed by atoms with Gasteiger partial charge < -0.3 is 10.2 Å². The summed E-state index contributed by atoms with van der Waals surface area (Å²) in [6.45, 7) is 5.43. The molecule has 1 saturated heterocycles. The molecule has 6 heteroatoms. The van der Waals surface area contributed by atoms with Gasteiger partial charge >= 0.3 is 0 Å². The summed E-state index contributed by atoms with van der Waals surface area (Å²) in [4.78, 5) is 20.6. The Morgan fingerprint density at radius 1 is 1.05 bits per heavy atom. The quantitative estimate of drug-likeness (QED) is 0.325. The van der Waals surface area contributed by atoms with Crippen molar-refractivity contribution in [1.82, 2.24) is 9.88 Å². The number of aromatic nitrogens is 1. The van der Waals surface area contributed by atoms with Crippen LogP contribution in [-0.2, 0) is 0 Å². The van der Waals surface area contributed by atoms with Crippen molar-refractivity contribution in [2.24, 2.45) is 11.8 Å². The number of fused-ring (bicyclic) bond motifs is 1. The smallest absolute Gasteiger partial charge is 0.169 e. The fourth-order valence-corrected chi connectivity index (χ4v) is 6.32. The summed E-state index contributed by atoms with van der Waals surface area (Å²) in [5.41, 5.74) is 4.46. The minimum atomic E-state index is -0.317. The van der Waals surface area contributed by atoms with E-state index in [9.17, 15) is 9.18 Å². The molecule has 0 radical (unpaired) electrons. The molecule has 0 unspecified atom stereocenters. The first-order chi connectivity index (χ1) is 18.0. The van der Waals surface area contributed by atoms with Crippen molar-refractivity contribution in [3.05, 3.63) is 58.5 Å². The van der Waals surface area contributed by atoms with E-state index in [1.807, 2.05) is 24.3 Å². The summed E-state index contributed by atoms with van der Waals surface area (Å²) >= 11 is 6.31. The van der Waals surface area contributed by atoms with Gasteiger partial charge in [-0.2, -0.15) is 0 Å². The molecule has 6 rings (SSSR count). The second-order valence-electron chi connectivity index (χ2n) is 11.4. The van der Waals surface area contributed by atoms with E-state index in [2.05, 4.69) is 15.2 Å². The monoisotopic (exact) mass is 519 g/mol. The van der Waals surface area contributed by atoms with Gasteiger partial charge in [-0.3, -0.25) is 9.78 Å². The largest absolute Gasteiger partial charge is 0.381 e. The maximum Gasteiger partial charge on any atom is 0.169 e. The van der Waals surface area contributed by atoms with Crippen molar-refractivity contribution < 1.29 is 9.18 Å². The van der Waals surface area contributed by atoms with Gasteiger partial charge in [-0.05, 0) is 113 Å². The molecule has 194 valence electrons. The van der Waals surface area contributed by atoms with E-state index in [0.29, 0.717) is 22.2 Å². The van der Waals surface area contributed by atoms with Gasteiger partial charge in [0.15, 0.2) is 5.78 Å². The van der Waals surface area contributed by atoms with E-state index in [1.54, 1.807) is 13.1 Å². The lowest BCUT2D eigenvalue weighted by molar-refractivity contribution is 0.0968. The van der Waals surface area contributed by atoms with Crippen LogP contribution in [0, 0.1) is 24.6 Å². The molecule has 2 heterocycles. The maximum absolute atomic E-state index is 14.5. The van der Waals surface area contributed by atoms with Gasteiger partial charge in [-0.15, -0.1) is 0 Å². The molecule has 2 saturated carbocycles. The summed E-state index contributed by atoms with van der Waals surface area (Å²) < 4.78 is 14.5. The number of likely N-dealkylation sites (tertiary alicyclic amines) is 1. The number of nitrogens with one attached hydrogen (secondary N) is 1. The first kappa shape index (κ1) is 24.8. The van der Waals surface area contributed by atoms with Crippen molar-refractivity contribution in [3.63, 3.8) is 0 Å². The van der Waals surface area contributed by atoms with Gasteiger partial charge in [0.1, 0.15) is 5.82 Å². The Bertz CT molecular complexity index is 1300. The molecular formula is C31H35ClFN3O. The summed E-state index contributed by atoms with van der Waals surface area (Å²) in [5, 5.41) is 5.14. The Labute approximate surface area is 223 Å². The molecule has 37 heavy (non-hydrogen) atoms. The number of hydrogen-bond acceptors (Lipinski definition) is 4. The SMILES string of the molecule is Cc1c(F)cc(-c2ccc3ncc(C(=O)C4CC4)c(N[C@H]4CC[C@H](CN5CCCC5)CC4)c3c2)cc1Cl. The molecule has 0 amide bonds. The van der Waals surface area contributed by atoms with E-state index >= 15 is 0 Å². The summed E-state index contributed by atoms with van der Waals surface area (Å²) in [5.74, 6) is 0.756. The average molecular weight is 520 g/mol. The molecular weight excluding hydrogens is 485 g/mol. The molecule has 0 bridgehead atoms. The summed E-state index contributed by atoms with van der Waals surface area (Å²) in [6.07, 6.45) is 11.0. The van der Waals surface area contributed by atoms with Crippen LogP contribution in [0.4, 0.5) is 10.1 Å². The van der Waals surface area contributed by atoms with Crippen LogP contribution in [0.1, 0.15) is 67.3 Å². The number of pyridine rings is 1. The van der Waals surface area contributed by atoms with Crippen LogP contribution in [0.3, 0.4) is 0 Å². The van der Waals surface area contributed by atoms with Crippen LogP contribution < -0.4 is 5.32 Å². The first-order valence-electron chi connectivity index (χ1n) is 13.9. The highest BCUT2D eigenvalue weighted by Crippen LogP contribution is 2.39. The zero-order valence-electron chi connectivity index (χ0n) is 21.5. The Kier molecular flexibility index (Phi) is 6.93. The number of carbonyl (C=O) groups is 1. The van der Waals surface area contributed by atoms with Crippen LogP contribution in [0.2, 0.25) is 5.02 Å². The number of halogens is 2. The predicted octanol–water partition coefficient (Wildman–Crippen LogP) is 7.66. The highest BCUT2D eigenvalue weighted by Gasteiger charge is 2.33. The fraction of sp³-hybridized carbons (Fsp3) is 0.484. The maximum atomic E-state index is 14.5. The van der Waals surface area contributed by atoms with E-state index in [0.717, 1.165) is 59.3 Å².